The molecule has 2 aromatic heterocycles. The Morgan fingerprint density at radius 2 is 1.66 bits per heavy atom. The Hall–Kier alpha value is -4.33. The van der Waals surface area contributed by atoms with Gasteiger partial charge in [0.2, 0.25) is 5.43 Å². The fraction of sp³-hybridized carbons (Fsp3) is 0.222. The van der Waals surface area contributed by atoms with Crippen LogP contribution < -0.4 is 10.4 Å². The van der Waals surface area contributed by atoms with Gasteiger partial charge in [-0.1, -0.05) is 53.7 Å². The first-order valence-corrected chi connectivity index (χ1v) is 11.6. The molecule has 6 rings (SSSR count). The molecule has 1 aliphatic heterocycles. The van der Waals surface area contributed by atoms with Crippen LogP contribution in [-0.4, -0.2) is 32.4 Å². The van der Waals surface area contributed by atoms with E-state index in [0.29, 0.717) is 11.5 Å². The molecule has 0 atom stereocenters. The Bertz CT molecular complexity index is 1460. The summed E-state index contributed by atoms with van der Waals surface area (Å²) >= 11 is 0. The van der Waals surface area contributed by atoms with Crippen molar-refractivity contribution >= 4 is 5.91 Å². The van der Waals surface area contributed by atoms with E-state index in [2.05, 4.69) is 29.4 Å². The van der Waals surface area contributed by atoms with E-state index in [4.69, 9.17) is 4.52 Å². The summed E-state index contributed by atoms with van der Waals surface area (Å²) in [5.74, 6) is -0.349. The zero-order chi connectivity index (χ0) is 24.1. The lowest BCUT2D eigenvalue weighted by atomic mass is 9.94. The number of hydrogen-bond donors (Lipinski definition) is 1. The van der Waals surface area contributed by atoms with Gasteiger partial charge in [0.05, 0.1) is 12.6 Å². The van der Waals surface area contributed by atoms with Crippen molar-refractivity contribution < 1.29 is 14.4 Å². The quantitative estimate of drug-likeness (QED) is 0.496. The molecule has 0 saturated heterocycles. The highest BCUT2D eigenvalue weighted by Crippen LogP contribution is 2.38. The van der Waals surface area contributed by atoms with Crippen LogP contribution in [0.4, 0.5) is 0 Å². The van der Waals surface area contributed by atoms with Gasteiger partial charge in [-0.3, -0.25) is 19.3 Å². The molecule has 0 saturated carbocycles. The van der Waals surface area contributed by atoms with Gasteiger partial charge in [-0.15, -0.1) is 0 Å². The number of carbonyl (C=O) groups is 1. The van der Waals surface area contributed by atoms with E-state index in [1.54, 1.807) is 28.8 Å². The van der Waals surface area contributed by atoms with Crippen LogP contribution in [0, 0.1) is 6.92 Å². The summed E-state index contributed by atoms with van der Waals surface area (Å²) in [4.78, 5) is 27.5. The van der Waals surface area contributed by atoms with Gasteiger partial charge >= 0.3 is 0 Å². The Morgan fingerprint density at radius 3 is 2.29 bits per heavy atom. The molecule has 8 nitrogen and oxygen atoms in total. The smallest absolute Gasteiger partial charge is 0.278 e. The highest BCUT2D eigenvalue weighted by atomic mass is 16.5. The number of aromatic nitrogens is 2. The minimum atomic E-state index is -0.592. The highest BCUT2D eigenvalue weighted by molar-refractivity contribution is 5.96. The van der Waals surface area contributed by atoms with Crippen LogP contribution in [0.2, 0.25) is 0 Å². The summed E-state index contributed by atoms with van der Waals surface area (Å²) in [6.07, 6.45) is 3.38. The molecule has 1 amide bonds. The molecule has 1 N–H and O–H groups in total. The first-order chi connectivity index (χ1) is 17.0. The van der Waals surface area contributed by atoms with Gasteiger partial charge in [-0.25, -0.2) is 0 Å². The van der Waals surface area contributed by atoms with E-state index in [-0.39, 0.29) is 24.9 Å². The zero-order valence-corrected chi connectivity index (χ0v) is 19.2. The van der Waals surface area contributed by atoms with Crippen molar-refractivity contribution in [2.75, 3.05) is 11.7 Å². The number of hydrogen-bond acceptors (Lipinski definition) is 6. The molecule has 2 aromatic carbocycles. The number of rotatable bonds is 3. The van der Waals surface area contributed by atoms with Gasteiger partial charge in [0.1, 0.15) is 18.1 Å². The Kier molecular flexibility index (Phi) is 4.95. The summed E-state index contributed by atoms with van der Waals surface area (Å²) in [6, 6.07) is 19.5. The number of aryl methyl sites for hydroxylation is 3. The topological polar surface area (TPSA) is 91.8 Å². The lowest BCUT2D eigenvalue weighted by molar-refractivity contribution is 0.0661. The van der Waals surface area contributed by atoms with Crippen molar-refractivity contribution in [3.63, 3.8) is 0 Å². The van der Waals surface area contributed by atoms with Crippen LogP contribution in [-0.2, 0) is 19.4 Å². The molecule has 176 valence electrons. The average molecular weight is 469 g/mol. The third-order valence-electron chi connectivity index (χ3n) is 6.83. The first-order valence-electron chi connectivity index (χ1n) is 11.6. The van der Waals surface area contributed by atoms with Gasteiger partial charge in [0, 0.05) is 18.3 Å². The molecule has 2 aliphatic rings. The normalized spacial score (nSPS) is 15.4. The molecule has 1 aliphatic carbocycles. The van der Waals surface area contributed by atoms with Crippen LogP contribution in [0.3, 0.4) is 0 Å². The molecule has 8 heteroatoms. The molecular weight excluding hydrogens is 444 g/mol. The van der Waals surface area contributed by atoms with Crippen LogP contribution in [0.25, 0.3) is 0 Å². The molecule has 0 radical (unpaired) electrons. The second kappa shape index (κ2) is 8.16. The number of benzene rings is 2. The van der Waals surface area contributed by atoms with Gasteiger partial charge in [0.15, 0.2) is 11.4 Å². The minimum absolute atomic E-state index is 0.0526. The van der Waals surface area contributed by atoms with E-state index < -0.39 is 17.1 Å². The molecule has 0 fully saturated rings. The van der Waals surface area contributed by atoms with Crippen molar-refractivity contribution in [2.45, 2.75) is 32.4 Å². The third kappa shape index (κ3) is 3.49. The molecule has 0 bridgehead atoms. The molecule has 3 heterocycles. The lowest BCUT2D eigenvalue weighted by Crippen LogP contribution is -2.55. The number of carbonyl (C=O) groups excluding carboxylic acids is 1. The van der Waals surface area contributed by atoms with E-state index in [9.17, 15) is 14.7 Å². The second-order valence-corrected chi connectivity index (χ2v) is 9.03. The molecule has 4 aromatic rings. The number of pyridine rings is 1. The minimum Gasteiger partial charge on any atom is -0.502 e. The largest absolute Gasteiger partial charge is 0.502 e. The molecular formula is C27H24N4O4. The fourth-order valence-electron chi connectivity index (χ4n) is 5.22. The van der Waals surface area contributed by atoms with E-state index >= 15 is 0 Å². The van der Waals surface area contributed by atoms with Gasteiger partial charge in [-0.2, -0.15) is 0 Å². The maximum Gasteiger partial charge on any atom is 0.278 e. The Labute approximate surface area is 201 Å². The van der Waals surface area contributed by atoms with Crippen LogP contribution in [0.1, 0.15) is 50.2 Å². The van der Waals surface area contributed by atoms with Crippen LogP contribution >= 0.6 is 0 Å². The van der Waals surface area contributed by atoms with E-state index in [1.165, 1.54) is 17.2 Å². The fourth-order valence-corrected chi connectivity index (χ4v) is 5.22. The molecule has 0 spiro atoms. The van der Waals surface area contributed by atoms with Crippen LogP contribution in [0.15, 0.2) is 76.2 Å². The predicted octanol–water partition coefficient (Wildman–Crippen LogP) is 3.29. The lowest BCUT2D eigenvalue weighted by Gasteiger charge is -2.44. The number of aromatic hydroxyl groups is 1. The van der Waals surface area contributed by atoms with Gasteiger partial charge < -0.3 is 14.5 Å². The number of fused-ring (bicyclic) bond motifs is 3. The SMILES string of the molecule is Cc1cc(CN2CN(C3c4ccccc4CCc4ccccc43)n3ccc(=O)c(O)c3C2=O)no1. The zero-order valence-electron chi connectivity index (χ0n) is 19.2. The van der Waals surface area contributed by atoms with Crippen molar-refractivity contribution in [1.82, 2.24) is 14.7 Å². The monoisotopic (exact) mass is 468 g/mol. The van der Waals surface area contributed by atoms with Crippen molar-refractivity contribution in [2.24, 2.45) is 0 Å². The summed E-state index contributed by atoms with van der Waals surface area (Å²) in [5.41, 5.74) is 4.69. The van der Waals surface area contributed by atoms with Crippen molar-refractivity contribution in [3.8, 4) is 5.75 Å². The Morgan fingerprint density at radius 1 is 1.00 bits per heavy atom. The third-order valence-corrected chi connectivity index (χ3v) is 6.83. The second-order valence-electron chi connectivity index (χ2n) is 9.03. The van der Waals surface area contributed by atoms with Crippen molar-refractivity contribution in [3.05, 3.63) is 116 Å². The summed E-state index contributed by atoms with van der Waals surface area (Å²) in [6.45, 7) is 2.21. The maximum absolute atomic E-state index is 13.5. The van der Waals surface area contributed by atoms with E-state index in [0.717, 1.165) is 24.0 Å². The predicted molar refractivity (Wildman–Crippen MR) is 129 cm³/mol. The first kappa shape index (κ1) is 21.2. The maximum atomic E-state index is 13.5. The number of nitrogens with zero attached hydrogens (tertiary/aromatic N) is 4. The summed E-state index contributed by atoms with van der Waals surface area (Å²) < 4.78 is 6.83. The number of amides is 1. The average Bonchev–Trinajstić information content (AvgIpc) is 3.20. The molecule has 0 unspecified atom stereocenters. The molecule has 35 heavy (non-hydrogen) atoms. The standard InChI is InChI=1S/C27H24N4O4/c1-17-14-20(28-35-17)15-29-16-31(30-13-12-23(32)26(33)25(30)27(29)34)24-21-8-4-2-6-18(21)10-11-19-7-3-5-9-22(19)24/h2-9,12-14,24,33H,10-11,15-16H2,1H3. The highest BCUT2D eigenvalue weighted by Gasteiger charge is 2.38. The van der Waals surface area contributed by atoms with E-state index in [1.807, 2.05) is 29.3 Å². The van der Waals surface area contributed by atoms with Gasteiger partial charge in [0.25, 0.3) is 5.91 Å². The van der Waals surface area contributed by atoms with Crippen molar-refractivity contribution in [1.29, 1.82) is 0 Å². The van der Waals surface area contributed by atoms with Gasteiger partial charge in [-0.05, 0) is 42.0 Å². The summed E-state index contributed by atoms with van der Waals surface area (Å²) in [5, 5.41) is 16.8. The Balaban J connectivity index is 1.55. The summed E-state index contributed by atoms with van der Waals surface area (Å²) in [7, 11) is 0. The van der Waals surface area contributed by atoms with Crippen LogP contribution in [0.5, 0.6) is 5.75 Å².